The Hall–Kier alpha value is -2.08. The van der Waals surface area contributed by atoms with Gasteiger partial charge >= 0.3 is 0 Å². The molecule has 142 valence electrons. The molecule has 2 N–H and O–H groups in total. The number of aryl methyl sites for hydroxylation is 2. The second kappa shape index (κ2) is 10.8. The zero-order valence-corrected chi connectivity index (χ0v) is 17.1. The van der Waals surface area contributed by atoms with E-state index in [0.29, 0.717) is 6.61 Å². The fraction of sp³-hybridized carbons (Fsp3) is 0.500. The first-order valence-corrected chi connectivity index (χ1v) is 10.1. The lowest BCUT2D eigenvalue weighted by Crippen LogP contribution is -2.38. The molecule has 0 aliphatic carbocycles. The highest BCUT2D eigenvalue weighted by molar-refractivity contribution is 7.11. The summed E-state index contributed by atoms with van der Waals surface area (Å²) < 4.78 is 5.56. The molecule has 0 aliphatic heterocycles. The third-order valence-electron chi connectivity index (χ3n) is 3.93. The Kier molecular flexibility index (Phi) is 8.41. The lowest BCUT2D eigenvalue weighted by molar-refractivity contribution is 0.340. The molecular formula is C20H30N4OS. The molecule has 1 heterocycles. The lowest BCUT2D eigenvalue weighted by Gasteiger charge is -2.11. The SMILES string of the molecule is CCNC(=NCCc1nc(C)c(C)s1)NCCc1cccc(OCC)c1. The van der Waals surface area contributed by atoms with Crippen LogP contribution in [0.4, 0.5) is 0 Å². The van der Waals surface area contributed by atoms with E-state index in [1.807, 2.05) is 19.1 Å². The van der Waals surface area contributed by atoms with Crippen LogP contribution in [0.3, 0.4) is 0 Å². The number of aromatic nitrogens is 1. The van der Waals surface area contributed by atoms with Gasteiger partial charge in [-0.25, -0.2) is 4.98 Å². The molecule has 0 saturated carbocycles. The van der Waals surface area contributed by atoms with Crippen LogP contribution in [0.5, 0.6) is 5.75 Å². The number of guanidine groups is 1. The van der Waals surface area contributed by atoms with Crippen LogP contribution in [0.1, 0.15) is 35.0 Å². The number of ether oxygens (including phenoxy) is 1. The van der Waals surface area contributed by atoms with Crippen LogP contribution in [-0.4, -0.2) is 37.2 Å². The summed E-state index contributed by atoms with van der Waals surface area (Å²) in [6.45, 7) is 11.4. The van der Waals surface area contributed by atoms with Crippen molar-refractivity contribution in [2.45, 2.75) is 40.5 Å². The quantitative estimate of drug-likeness (QED) is 0.521. The number of thiazole rings is 1. The van der Waals surface area contributed by atoms with Gasteiger partial charge in [0.1, 0.15) is 5.75 Å². The van der Waals surface area contributed by atoms with Gasteiger partial charge in [-0.2, -0.15) is 0 Å². The summed E-state index contributed by atoms with van der Waals surface area (Å²) in [6, 6.07) is 8.26. The number of nitrogens with zero attached hydrogens (tertiary/aromatic N) is 2. The van der Waals surface area contributed by atoms with Crippen molar-refractivity contribution in [3.63, 3.8) is 0 Å². The molecule has 6 heteroatoms. The third-order valence-corrected chi connectivity index (χ3v) is 5.06. The fourth-order valence-electron chi connectivity index (χ4n) is 2.53. The van der Waals surface area contributed by atoms with Crippen molar-refractivity contribution >= 4 is 17.3 Å². The third kappa shape index (κ3) is 6.67. The van der Waals surface area contributed by atoms with E-state index in [2.05, 4.69) is 53.5 Å². The Morgan fingerprint density at radius 2 is 2.04 bits per heavy atom. The molecule has 0 radical (unpaired) electrons. The van der Waals surface area contributed by atoms with Gasteiger partial charge in [0.05, 0.1) is 17.3 Å². The maximum absolute atomic E-state index is 5.56. The Morgan fingerprint density at radius 1 is 1.19 bits per heavy atom. The molecule has 5 nitrogen and oxygen atoms in total. The fourth-order valence-corrected chi connectivity index (χ4v) is 3.46. The van der Waals surface area contributed by atoms with Gasteiger partial charge in [-0.05, 0) is 51.8 Å². The molecule has 1 aromatic carbocycles. The van der Waals surface area contributed by atoms with Crippen molar-refractivity contribution in [2.24, 2.45) is 4.99 Å². The molecule has 0 aliphatic rings. The van der Waals surface area contributed by atoms with Gasteiger partial charge in [-0.1, -0.05) is 12.1 Å². The number of hydrogen-bond acceptors (Lipinski definition) is 4. The highest BCUT2D eigenvalue weighted by Crippen LogP contribution is 2.16. The van der Waals surface area contributed by atoms with Gasteiger partial charge < -0.3 is 15.4 Å². The van der Waals surface area contributed by atoms with Gasteiger partial charge in [-0.3, -0.25) is 4.99 Å². The Balaban J connectivity index is 1.82. The number of hydrogen-bond donors (Lipinski definition) is 2. The van der Waals surface area contributed by atoms with Crippen molar-refractivity contribution in [1.29, 1.82) is 0 Å². The van der Waals surface area contributed by atoms with E-state index in [0.717, 1.165) is 54.9 Å². The van der Waals surface area contributed by atoms with E-state index in [1.165, 1.54) is 10.4 Å². The van der Waals surface area contributed by atoms with Crippen LogP contribution in [0.15, 0.2) is 29.3 Å². The largest absolute Gasteiger partial charge is 0.494 e. The maximum Gasteiger partial charge on any atom is 0.191 e. The van der Waals surface area contributed by atoms with E-state index in [9.17, 15) is 0 Å². The normalized spacial score (nSPS) is 11.5. The summed E-state index contributed by atoms with van der Waals surface area (Å²) in [5.41, 5.74) is 2.39. The first-order valence-electron chi connectivity index (χ1n) is 9.29. The molecule has 0 unspecified atom stereocenters. The molecule has 0 atom stereocenters. The number of rotatable bonds is 9. The van der Waals surface area contributed by atoms with Crippen LogP contribution in [0, 0.1) is 13.8 Å². The minimum atomic E-state index is 0.692. The minimum Gasteiger partial charge on any atom is -0.494 e. The molecule has 2 rings (SSSR count). The molecule has 26 heavy (non-hydrogen) atoms. The first-order chi connectivity index (χ1) is 12.6. The zero-order valence-electron chi connectivity index (χ0n) is 16.3. The average Bonchev–Trinajstić information content (AvgIpc) is 2.93. The highest BCUT2D eigenvalue weighted by atomic mass is 32.1. The Labute approximate surface area is 160 Å². The van der Waals surface area contributed by atoms with Crippen molar-refractivity contribution in [2.75, 3.05) is 26.2 Å². The van der Waals surface area contributed by atoms with Gasteiger partial charge in [0, 0.05) is 30.9 Å². The zero-order chi connectivity index (χ0) is 18.8. The summed E-state index contributed by atoms with van der Waals surface area (Å²) in [7, 11) is 0. The van der Waals surface area contributed by atoms with Crippen LogP contribution in [0.25, 0.3) is 0 Å². The monoisotopic (exact) mass is 374 g/mol. The molecule has 0 amide bonds. The average molecular weight is 375 g/mol. The standard InChI is InChI=1S/C20H30N4OS/c1-5-21-20(23-13-11-19-24-15(3)16(4)26-19)22-12-10-17-8-7-9-18(14-17)25-6-2/h7-9,14H,5-6,10-13H2,1-4H3,(H2,21,22,23). The molecule has 0 fully saturated rings. The van der Waals surface area contributed by atoms with Crippen LogP contribution < -0.4 is 15.4 Å². The second-order valence-electron chi connectivity index (χ2n) is 6.02. The van der Waals surface area contributed by atoms with E-state index in [1.54, 1.807) is 11.3 Å². The summed E-state index contributed by atoms with van der Waals surface area (Å²) in [5.74, 6) is 1.79. The molecular weight excluding hydrogens is 344 g/mol. The van der Waals surface area contributed by atoms with Gasteiger partial charge in [0.2, 0.25) is 0 Å². The highest BCUT2D eigenvalue weighted by Gasteiger charge is 2.04. The van der Waals surface area contributed by atoms with Gasteiger partial charge in [0.15, 0.2) is 5.96 Å². The number of benzene rings is 1. The topological polar surface area (TPSA) is 58.5 Å². The predicted octanol–water partition coefficient (Wildman–Crippen LogP) is 3.50. The van der Waals surface area contributed by atoms with Crippen molar-refractivity contribution in [1.82, 2.24) is 15.6 Å². The summed E-state index contributed by atoms with van der Waals surface area (Å²) in [5, 5.41) is 7.86. The van der Waals surface area contributed by atoms with Gasteiger partial charge in [-0.15, -0.1) is 11.3 Å². The van der Waals surface area contributed by atoms with Crippen molar-refractivity contribution in [3.05, 3.63) is 45.4 Å². The van der Waals surface area contributed by atoms with E-state index >= 15 is 0 Å². The van der Waals surface area contributed by atoms with Crippen LogP contribution in [0.2, 0.25) is 0 Å². The smallest absolute Gasteiger partial charge is 0.191 e. The second-order valence-corrected chi connectivity index (χ2v) is 7.30. The predicted molar refractivity (Wildman–Crippen MR) is 111 cm³/mol. The van der Waals surface area contributed by atoms with Crippen LogP contribution >= 0.6 is 11.3 Å². The summed E-state index contributed by atoms with van der Waals surface area (Å²) >= 11 is 1.77. The molecule has 0 saturated heterocycles. The van der Waals surface area contributed by atoms with Gasteiger partial charge in [0.25, 0.3) is 0 Å². The van der Waals surface area contributed by atoms with Crippen LogP contribution in [-0.2, 0) is 12.8 Å². The van der Waals surface area contributed by atoms with E-state index in [-0.39, 0.29) is 0 Å². The first kappa shape index (κ1) is 20.2. The maximum atomic E-state index is 5.56. The van der Waals surface area contributed by atoms with E-state index < -0.39 is 0 Å². The number of aliphatic imine (C=N–C) groups is 1. The molecule has 0 spiro atoms. The van der Waals surface area contributed by atoms with Crippen molar-refractivity contribution in [3.8, 4) is 5.75 Å². The van der Waals surface area contributed by atoms with E-state index in [4.69, 9.17) is 4.74 Å². The molecule has 2 aromatic rings. The summed E-state index contributed by atoms with van der Waals surface area (Å²) in [6.07, 6.45) is 1.81. The van der Waals surface area contributed by atoms with Crippen molar-refractivity contribution < 1.29 is 4.74 Å². The minimum absolute atomic E-state index is 0.692. The Bertz CT molecular complexity index is 692. The number of nitrogens with one attached hydrogen (secondary N) is 2. The lowest BCUT2D eigenvalue weighted by atomic mass is 10.1. The Morgan fingerprint density at radius 3 is 2.73 bits per heavy atom. The summed E-state index contributed by atoms with van der Waals surface area (Å²) in [4.78, 5) is 10.5. The molecule has 0 bridgehead atoms. The molecule has 1 aromatic heterocycles.